The van der Waals surface area contributed by atoms with E-state index in [0.717, 1.165) is 24.2 Å². The van der Waals surface area contributed by atoms with Crippen molar-refractivity contribution in [1.29, 1.82) is 0 Å². The van der Waals surface area contributed by atoms with Gasteiger partial charge in [0.15, 0.2) is 0 Å². The third-order valence-electron chi connectivity index (χ3n) is 2.45. The summed E-state index contributed by atoms with van der Waals surface area (Å²) in [5.74, 6) is 0. The van der Waals surface area contributed by atoms with Gasteiger partial charge < -0.3 is 20.5 Å². The highest BCUT2D eigenvalue weighted by Gasteiger charge is 2.15. The minimum atomic E-state index is -0.482. The van der Waals surface area contributed by atoms with Gasteiger partial charge in [0.2, 0.25) is 0 Å². The number of aliphatic hydroxyl groups excluding tert-OH is 1. The standard InChI is InChI=1S/C15H24N2O3/c1-15(2,3)20-14(19)17-11-12-5-7-13(8-6-12)16-9-4-10-18/h5-8,16,18H,4,9-11H2,1-3H3,(H,17,19). The Morgan fingerprint density at radius 3 is 2.45 bits per heavy atom. The number of hydrogen-bond donors (Lipinski definition) is 3. The number of carbonyl (C=O) groups excluding carboxylic acids is 1. The van der Waals surface area contributed by atoms with Gasteiger partial charge in [-0.2, -0.15) is 0 Å². The Morgan fingerprint density at radius 2 is 1.90 bits per heavy atom. The Labute approximate surface area is 120 Å². The van der Waals surface area contributed by atoms with Gasteiger partial charge in [-0.1, -0.05) is 12.1 Å². The zero-order valence-electron chi connectivity index (χ0n) is 12.4. The summed E-state index contributed by atoms with van der Waals surface area (Å²) in [5.41, 5.74) is 1.52. The molecule has 3 N–H and O–H groups in total. The maximum Gasteiger partial charge on any atom is 0.407 e. The molecule has 0 heterocycles. The van der Waals surface area contributed by atoms with E-state index in [0.29, 0.717) is 6.54 Å². The van der Waals surface area contributed by atoms with Crippen LogP contribution in [0.5, 0.6) is 0 Å². The molecule has 112 valence electrons. The van der Waals surface area contributed by atoms with Crippen LogP contribution in [0.25, 0.3) is 0 Å². The molecule has 5 heteroatoms. The molecule has 0 saturated carbocycles. The van der Waals surface area contributed by atoms with Crippen molar-refractivity contribution in [2.75, 3.05) is 18.5 Å². The number of aliphatic hydroxyl groups is 1. The number of nitrogens with one attached hydrogen (secondary N) is 2. The van der Waals surface area contributed by atoms with E-state index in [-0.39, 0.29) is 6.61 Å². The molecular formula is C15H24N2O3. The smallest absolute Gasteiger partial charge is 0.407 e. The minimum Gasteiger partial charge on any atom is -0.444 e. The van der Waals surface area contributed by atoms with Crippen LogP contribution in [0.1, 0.15) is 32.8 Å². The molecule has 1 aromatic rings. The van der Waals surface area contributed by atoms with E-state index in [1.807, 2.05) is 45.0 Å². The van der Waals surface area contributed by atoms with Gasteiger partial charge in [-0.15, -0.1) is 0 Å². The van der Waals surface area contributed by atoms with E-state index < -0.39 is 11.7 Å². The van der Waals surface area contributed by atoms with Crippen LogP contribution in [0.3, 0.4) is 0 Å². The van der Waals surface area contributed by atoms with E-state index in [1.54, 1.807) is 0 Å². The predicted molar refractivity (Wildman–Crippen MR) is 79.7 cm³/mol. The summed E-state index contributed by atoms with van der Waals surface area (Å²) in [6, 6.07) is 7.78. The molecular weight excluding hydrogens is 256 g/mol. The fraction of sp³-hybridized carbons (Fsp3) is 0.533. The minimum absolute atomic E-state index is 0.185. The Morgan fingerprint density at radius 1 is 1.25 bits per heavy atom. The molecule has 0 saturated heterocycles. The van der Waals surface area contributed by atoms with Crippen molar-refractivity contribution in [3.05, 3.63) is 29.8 Å². The van der Waals surface area contributed by atoms with Gasteiger partial charge in [-0.3, -0.25) is 0 Å². The molecule has 0 aromatic heterocycles. The lowest BCUT2D eigenvalue weighted by Gasteiger charge is -2.19. The number of anilines is 1. The first-order valence-corrected chi connectivity index (χ1v) is 6.81. The summed E-state index contributed by atoms with van der Waals surface area (Å²) in [7, 11) is 0. The first-order chi connectivity index (χ1) is 9.40. The number of carbonyl (C=O) groups is 1. The SMILES string of the molecule is CC(C)(C)OC(=O)NCc1ccc(NCCCO)cc1. The maximum atomic E-state index is 11.5. The largest absolute Gasteiger partial charge is 0.444 e. The summed E-state index contributed by atoms with van der Waals surface area (Å²) in [6.45, 7) is 6.86. The first kappa shape index (κ1) is 16.3. The van der Waals surface area contributed by atoms with Crippen LogP contribution < -0.4 is 10.6 Å². The highest BCUT2D eigenvalue weighted by molar-refractivity contribution is 5.67. The van der Waals surface area contributed by atoms with Gasteiger partial charge in [0, 0.05) is 25.4 Å². The Bertz CT molecular complexity index is 410. The monoisotopic (exact) mass is 280 g/mol. The fourth-order valence-electron chi connectivity index (χ4n) is 1.54. The lowest BCUT2D eigenvalue weighted by molar-refractivity contribution is 0.0523. The lowest BCUT2D eigenvalue weighted by Crippen LogP contribution is -2.32. The lowest BCUT2D eigenvalue weighted by atomic mass is 10.2. The van der Waals surface area contributed by atoms with E-state index in [1.165, 1.54) is 0 Å². The number of rotatable bonds is 6. The Hall–Kier alpha value is -1.75. The second-order valence-electron chi connectivity index (χ2n) is 5.56. The summed E-state index contributed by atoms with van der Waals surface area (Å²) < 4.78 is 5.16. The van der Waals surface area contributed by atoms with E-state index in [4.69, 9.17) is 9.84 Å². The van der Waals surface area contributed by atoms with Crippen molar-refractivity contribution in [3.8, 4) is 0 Å². The van der Waals surface area contributed by atoms with Gasteiger partial charge in [0.05, 0.1) is 0 Å². The molecule has 0 unspecified atom stereocenters. The van der Waals surface area contributed by atoms with Crippen molar-refractivity contribution in [3.63, 3.8) is 0 Å². The van der Waals surface area contributed by atoms with Crippen molar-refractivity contribution >= 4 is 11.8 Å². The molecule has 1 amide bonds. The molecule has 0 spiro atoms. The zero-order valence-corrected chi connectivity index (χ0v) is 12.4. The molecule has 0 aliphatic rings. The van der Waals surface area contributed by atoms with Crippen LogP contribution in [0.2, 0.25) is 0 Å². The molecule has 1 rings (SSSR count). The molecule has 0 aliphatic carbocycles. The van der Waals surface area contributed by atoms with Crippen molar-refractivity contribution in [2.24, 2.45) is 0 Å². The van der Waals surface area contributed by atoms with Gasteiger partial charge in [0.25, 0.3) is 0 Å². The second kappa shape index (κ2) is 7.75. The molecule has 0 radical (unpaired) electrons. The van der Waals surface area contributed by atoms with Gasteiger partial charge >= 0.3 is 6.09 Å². The molecule has 0 fully saturated rings. The topological polar surface area (TPSA) is 70.6 Å². The zero-order chi connectivity index (χ0) is 15.0. The van der Waals surface area contributed by atoms with Crippen molar-refractivity contribution in [1.82, 2.24) is 5.32 Å². The van der Waals surface area contributed by atoms with Crippen molar-refractivity contribution < 1.29 is 14.6 Å². The molecule has 0 atom stereocenters. The highest BCUT2D eigenvalue weighted by atomic mass is 16.6. The van der Waals surface area contributed by atoms with E-state index >= 15 is 0 Å². The Balaban J connectivity index is 2.36. The van der Waals surface area contributed by atoms with Crippen LogP contribution >= 0.6 is 0 Å². The molecule has 0 aliphatic heterocycles. The molecule has 0 bridgehead atoms. The van der Waals surface area contributed by atoms with Crippen LogP contribution in [-0.4, -0.2) is 30.0 Å². The normalized spacial score (nSPS) is 11.0. The molecule has 5 nitrogen and oxygen atoms in total. The number of hydrogen-bond acceptors (Lipinski definition) is 4. The summed E-state index contributed by atoms with van der Waals surface area (Å²) in [4.78, 5) is 11.5. The van der Waals surface area contributed by atoms with Crippen LogP contribution in [0.15, 0.2) is 24.3 Å². The average molecular weight is 280 g/mol. The predicted octanol–water partition coefficient (Wildman–Crippen LogP) is 2.51. The van der Waals surface area contributed by atoms with Gasteiger partial charge in [-0.05, 0) is 44.9 Å². The fourth-order valence-corrected chi connectivity index (χ4v) is 1.54. The van der Waals surface area contributed by atoms with Gasteiger partial charge in [-0.25, -0.2) is 4.79 Å². The quantitative estimate of drug-likeness (QED) is 0.700. The average Bonchev–Trinajstić information content (AvgIpc) is 2.36. The summed E-state index contributed by atoms with van der Waals surface area (Å²) >= 11 is 0. The summed E-state index contributed by atoms with van der Waals surface area (Å²) in [6.07, 6.45) is 0.310. The van der Waals surface area contributed by atoms with Crippen LogP contribution in [-0.2, 0) is 11.3 Å². The first-order valence-electron chi connectivity index (χ1n) is 6.81. The van der Waals surface area contributed by atoms with Crippen LogP contribution in [0.4, 0.5) is 10.5 Å². The number of alkyl carbamates (subject to hydrolysis) is 1. The maximum absolute atomic E-state index is 11.5. The van der Waals surface area contributed by atoms with E-state index in [9.17, 15) is 4.79 Å². The number of ether oxygens (including phenoxy) is 1. The number of benzene rings is 1. The second-order valence-corrected chi connectivity index (χ2v) is 5.56. The summed E-state index contributed by atoms with van der Waals surface area (Å²) in [5, 5.41) is 14.6. The third-order valence-corrected chi connectivity index (χ3v) is 2.45. The molecule has 20 heavy (non-hydrogen) atoms. The third kappa shape index (κ3) is 6.99. The van der Waals surface area contributed by atoms with E-state index in [2.05, 4.69) is 10.6 Å². The van der Waals surface area contributed by atoms with Crippen molar-refractivity contribution in [2.45, 2.75) is 39.3 Å². The van der Waals surface area contributed by atoms with Crippen LogP contribution in [0, 0.1) is 0 Å². The number of amides is 1. The molecule has 1 aromatic carbocycles. The highest BCUT2D eigenvalue weighted by Crippen LogP contribution is 2.10. The van der Waals surface area contributed by atoms with Gasteiger partial charge in [0.1, 0.15) is 5.60 Å². The Kier molecular flexibility index (Phi) is 6.31.